The third kappa shape index (κ3) is 21.9. The Balaban J connectivity index is 0.000000129. The Morgan fingerprint density at radius 3 is 1.16 bits per heavy atom. The van der Waals surface area contributed by atoms with Crippen molar-refractivity contribution in [3.63, 3.8) is 0 Å². The highest BCUT2D eigenvalue weighted by Crippen LogP contribution is 2.38. The zero-order valence-electron chi connectivity index (χ0n) is 76.2. The molecule has 38 heteroatoms. The van der Waals surface area contributed by atoms with E-state index in [2.05, 4.69) is 56.2 Å². The maximum absolute atomic E-state index is 13.1. The van der Waals surface area contributed by atoms with Crippen LogP contribution in [-0.2, 0) is 59.0 Å². The Kier molecular flexibility index (Phi) is 28.8. The number of carbonyl (C=O) groups excluding carboxylic acids is 4. The monoisotopic (exact) mass is 1990 g/mol. The van der Waals surface area contributed by atoms with Gasteiger partial charge in [0.25, 0.3) is 23.6 Å². The summed E-state index contributed by atoms with van der Waals surface area (Å²) in [7, 11) is -13.8. The van der Waals surface area contributed by atoms with Crippen LogP contribution >= 0.6 is 23.2 Å². The molecule has 0 aliphatic carbocycles. The fraction of sp³-hybridized carbons (Fsp3) is 0.176. The Morgan fingerprint density at radius 1 is 0.314 bits per heavy atom. The number of aromatic nitrogens is 8. The summed E-state index contributed by atoms with van der Waals surface area (Å²) in [5.41, 5.74) is 18.8. The lowest BCUT2D eigenvalue weighted by Gasteiger charge is -2.28. The Hall–Kier alpha value is -14.7. The van der Waals surface area contributed by atoms with Crippen molar-refractivity contribution in [2.75, 3.05) is 115 Å². The molecule has 0 radical (unpaired) electrons. The van der Waals surface area contributed by atoms with Crippen LogP contribution in [0.15, 0.2) is 268 Å². The number of anilines is 8. The van der Waals surface area contributed by atoms with E-state index in [9.17, 15) is 52.8 Å². The van der Waals surface area contributed by atoms with Gasteiger partial charge in [-0.2, -0.15) is 0 Å². The highest BCUT2D eigenvalue weighted by atomic mass is 35.5. The molecule has 140 heavy (non-hydrogen) atoms. The molecular weight excluding hydrogens is 1900 g/mol. The molecule has 4 fully saturated rings. The van der Waals surface area contributed by atoms with E-state index in [0.717, 1.165) is 92.7 Å². The van der Waals surface area contributed by atoms with Crippen LogP contribution in [0.5, 0.6) is 0 Å². The number of para-hydroxylation sites is 2. The molecular formula is C102H90Cl2N16O16S4. The van der Waals surface area contributed by atoms with E-state index < -0.39 is 46.0 Å². The summed E-state index contributed by atoms with van der Waals surface area (Å²) in [6, 6.07) is 68.2. The number of hydrogen-bond donors (Lipinski definition) is 4. The molecule has 0 atom stereocenters. The third-order valence-corrected chi connectivity index (χ3v) is 30.9. The van der Waals surface area contributed by atoms with Crippen molar-refractivity contribution in [3.8, 4) is 45.3 Å². The molecule has 0 saturated carbocycles. The van der Waals surface area contributed by atoms with E-state index in [4.69, 9.17) is 47.1 Å². The first-order valence-corrected chi connectivity index (χ1v) is 51.1. The normalized spacial score (nSPS) is 15.2. The van der Waals surface area contributed by atoms with Crippen LogP contribution in [-0.4, -0.2) is 174 Å². The first-order chi connectivity index (χ1) is 67.3. The van der Waals surface area contributed by atoms with Gasteiger partial charge in [-0.1, -0.05) is 77.8 Å². The molecule has 4 aliphatic heterocycles. The lowest BCUT2D eigenvalue weighted by atomic mass is 10.0. The number of carbonyl (C=O) groups is 4. The number of pyridine rings is 4. The number of nitrogens with one attached hydrogen (secondary N) is 4. The summed E-state index contributed by atoms with van der Waals surface area (Å²) in [5, 5.41) is 16.0. The lowest BCUT2D eigenvalue weighted by molar-refractivity contribution is 0.101. The molecule has 4 amide bonds. The van der Waals surface area contributed by atoms with Crippen molar-refractivity contribution in [2.45, 2.75) is 41.5 Å². The highest BCUT2D eigenvalue weighted by Gasteiger charge is 2.33. The van der Waals surface area contributed by atoms with Gasteiger partial charge in [-0.05, 0) is 251 Å². The summed E-state index contributed by atoms with van der Waals surface area (Å²) < 4.78 is 125. The Bertz CT molecular complexity index is 7530. The van der Waals surface area contributed by atoms with Crippen LogP contribution in [0.25, 0.3) is 88.9 Å². The van der Waals surface area contributed by atoms with Crippen molar-refractivity contribution >= 4 is 176 Å². The van der Waals surface area contributed by atoms with Gasteiger partial charge in [0.1, 0.15) is 26.9 Å². The maximum Gasteiger partial charge on any atom is 0.257 e. The van der Waals surface area contributed by atoms with Crippen molar-refractivity contribution < 1.29 is 71.8 Å². The van der Waals surface area contributed by atoms with E-state index in [1.165, 1.54) is 31.1 Å². The second-order valence-corrected chi connectivity index (χ2v) is 41.9. The summed E-state index contributed by atoms with van der Waals surface area (Å²) in [4.78, 5) is 88.2. The van der Waals surface area contributed by atoms with Gasteiger partial charge in [0.15, 0.2) is 11.6 Å². The predicted molar refractivity (Wildman–Crippen MR) is 544 cm³/mol. The number of halogens is 2. The molecule has 10 heterocycles. The molecule has 4 aliphatic rings. The summed E-state index contributed by atoms with van der Waals surface area (Å²) >= 11 is 12.8. The molecule has 4 N–H and O–H groups in total. The van der Waals surface area contributed by atoms with Crippen molar-refractivity contribution in [2.24, 2.45) is 0 Å². The third-order valence-electron chi connectivity index (χ3n) is 23.6. The zero-order chi connectivity index (χ0) is 98.3. The molecule has 20 rings (SSSR count). The van der Waals surface area contributed by atoms with E-state index in [1.54, 1.807) is 137 Å². The molecule has 712 valence electrons. The summed E-state index contributed by atoms with van der Waals surface area (Å²) in [6.07, 6.45) is 10.5. The number of sulfonamides is 4. The summed E-state index contributed by atoms with van der Waals surface area (Å²) in [6.45, 7) is 11.8. The Labute approximate surface area is 817 Å². The number of amides is 4. The zero-order valence-corrected chi connectivity index (χ0v) is 81.0. The largest absolute Gasteiger partial charge is 0.359 e. The number of fused-ring (bicyclic) bond motifs is 4. The van der Waals surface area contributed by atoms with Crippen molar-refractivity contribution in [1.29, 1.82) is 0 Å². The number of nitrogens with zero attached hydrogens (tertiary/aromatic N) is 12. The number of hydrogen-bond acceptors (Lipinski definition) is 24. The smallest absolute Gasteiger partial charge is 0.257 e. The fourth-order valence-corrected chi connectivity index (χ4v) is 21.3. The van der Waals surface area contributed by atoms with Gasteiger partial charge in [0, 0.05) is 120 Å². The van der Waals surface area contributed by atoms with E-state index in [-0.39, 0.29) is 105 Å². The minimum absolute atomic E-state index is 0.0290. The highest BCUT2D eigenvalue weighted by molar-refractivity contribution is 7.93. The van der Waals surface area contributed by atoms with E-state index >= 15 is 0 Å². The topological polar surface area (TPSA) is 406 Å². The average Bonchev–Trinajstić information content (AvgIpc) is 0.801. The first-order valence-electron chi connectivity index (χ1n) is 44.0. The minimum Gasteiger partial charge on any atom is -0.359 e. The number of ether oxygens (including phenoxy) is 4. The lowest BCUT2D eigenvalue weighted by Crippen LogP contribution is -2.41. The van der Waals surface area contributed by atoms with Crippen LogP contribution in [0.4, 0.5) is 45.5 Å². The fourth-order valence-electron chi connectivity index (χ4n) is 15.9. The van der Waals surface area contributed by atoms with Gasteiger partial charge in [0.05, 0.1) is 121 Å². The molecule has 10 aromatic carbocycles. The SMILES string of the molecule is Cc1cc(N2COCCS2(=O)=O)ccc1C(=O)Nc1ccc(C)c(-c2ccc3cnccc3n2)c1.Cc1cc(N2COCCS2(=O)=O)ccc1C(=O)Nc1ccc(C)c(-c2nccc3ncccc23)c1.Cc1cc(N2COCCS2(=O)=O)ccc1C(=O)Nc1ccc(Cl)c(-c2ncc3ccccc3n2)c1.Cc1ccc(NC(=O)c2ccc(N3COCCS3(=O)=O)cc2Cl)cc1-c1ncc2ccccc2n1. The van der Waals surface area contributed by atoms with Gasteiger partial charge in [-0.3, -0.25) is 34.1 Å². The van der Waals surface area contributed by atoms with Gasteiger partial charge in [0.2, 0.25) is 40.1 Å². The summed E-state index contributed by atoms with van der Waals surface area (Å²) in [5.74, 6) is -0.614. The standard InChI is InChI=1S/2C26H24N4O4S.2C25H21ClN4O4S/c1-17-3-5-20(14-23(17)25-8-4-19-15-27-10-9-24(19)29-25)28-26(31)22-7-6-21(13-18(22)2)30-16-34-11-12-35(30,32)33;1-17-5-6-19(15-23(17)25-22-4-3-10-27-24(22)9-11-28-25)29-26(31)21-8-7-20(14-18(21)2)30-16-34-12-13-35(30,32)33;1-16-12-19(30-15-34-10-11-35(30,32)33)7-8-20(16)25(31)28-18-6-9-22(26)21(13-18)24-27-14-17-4-2-3-5-23(17)29-24;1-16-6-7-18(12-21(16)24-27-14-17-4-2-3-5-23(17)29-24)28-25(31)20-9-8-19(13-22(20)26)30-15-34-10-11-35(30,32)33/h3-10,13-15H,11-12,16H2,1-2H3,(H,28,31);3-11,14-15H,12-13,16H2,1-2H3,(H,29,31);2*2-9,12-14H,10-11,15H2,1H3,(H,28,31). The second-order valence-electron chi connectivity index (χ2n) is 33.1. The maximum atomic E-state index is 13.1. The first kappa shape index (κ1) is 97.0. The van der Waals surface area contributed by atoms with Crippen molar-refractivity contribution in [1.82, 2.24) is 39.9 Å². The van der Waals surface area contributed by atoms with Crippen LogP contribution in [0.3, 0.4) is 0 Å². The van der Waals surface area contributed by atoms with Crippen LogP contribution in [0, 0.1) is 41.5 Å². The van der Waals surface area contributed by atoms with Gasteiger partial charge in [-0.25, -0.2) is 75.8 Å². The van der Waals surface area contributed by atoms with E-state index in [0.29, 0.717) is 101 Å². The van der Waals surface area contributed by atoms with Crippen molar-refractivity contribution in [3.05, 3.63) is 333 Å². The molecule has 0 spiro atoms. The number of benzene rings is 10. The molecule has 0 unspecified atom stereocenters. The van der Waals surface area contributed by atoms with Gasteiger partial charge < -0.3 is 40.2 Å². The van der Waals surface area contributed by atoms with Crippen LogP contribution < -0.4 is 38.5 Å². The predicted octanol–water partition coefficient (Wildman–Crippen LogP) is 17.8. The minimum atomic E-state index is -3.49. The number of aryl methyl sites for hydroxylation is 6. The molecule has 6 aromatic heterocycles. The molecule has 32 nitrogen and oxygen atoms in total. The Morgan fingerprint density at radius 2 is 0.700 bits per heavy atom. The average molecular weight is 2000 g/mol. The molecule has 16 aromatic rings. The quantitative estimate of drug-likeness (QED) is 0.0698. The number of rotatable bonds is 16. The molecule has 4 saturated heterocycles. The second kappa shape index (κ2) is 41.5. The van der Waals surface area contributed by atoms with Crippen LogP contribution in [0.2, 0.25) is 10.0 Å². The molecule has 0 bridgehead atoms. The van der Waals surface area contributed by atoms with Crippen LogP contribution in [0.1, 0.15) is 74.8 Å². The van der Waals surface area contributed by atoms with Gasteiger partial charge >= 0.3 is 0 Å². The van der Waals surface area contributed by atoms with Gasteiger partial charge in [-0.15, -0.1) is 0 Å². The van der Waals surface area contributed by atoms with E-state index in [1.807, 2.05) is 154 Å².